The lowest BCUT2D eigenvalue weighted by atomic mass is 9.97. The van der Waals surface area contributed by atoms with Gasteiger partial charge in [-0.05, 0) is 71.7 Å². The first-order valence-corrected chi connectivity index (χ1v) is 11.1. The van der Waals surface area contributed by atoms with E-state index >= 15 is 0 Å². The van der Waals surface area contributed by atoms with Gasteiger partial charge >= 0.3 is 0 Å². The van der Waals surface area contributed by atoms with E-state index in [2.05, 4.69) is 96.1 Å². The molecule has 3 nitrogen and oxygen atoms in total. The molecule has 1 aliphatic carbocycles. The molecule has 0 amide bonds. The smallest absolute Gasteiger partial charge is 0.133 e. The van der Waals surface area contributed by atoms with Crippen LogP contribution in [0.1, 0.15) is 14.8 Å². The number of H-pyrrole nitrogens is 1. The number of furan rings is 1. The molecule has 3 aromatic carbocycles. The zero-order valence-corrected chi connectivity index (χ0v) is 17.9. The first-order valence-electron chi connectivity index (χ1n) is 11.1. The minimum Gasteiger partial charge on any atom is -0.464 e. The Balaban J connectivity index is 0.00000228. The summed E-state index contributed by atoms with van der Waals surface area (Å²) < 4.78 is 5.60. The molecule has 0 radical (unpaired) electrons. The molecule has 32 heavy (non-hydrogen) atoms. The van der Waals surface area contributed by atoms with Gasteiger partial charge in [0.05, 0.1) is 6.26 Å². The third kappa shape index (κ3) is 3.32. The Morgan fingerprint density at radius 1 is 0.969 bits per heavy atom. The van der Waals surface area contributed by atoms with Crippen LogP contribution in [0.5, 0.6) is 0 Å². The lowest BCUT2D eigenvalue weighted by Crippen LogP contribution is -2.07. The molecule has 0 bridgehead atoms. The number of allylic oxidation sites excluding steroid dienone is 4. The zero-order valence-electron chi connectivity index (χ0n) is 17.9. The van der Waals surface area contributed by atoms with E-state index in [1.165, 1.54) is 27.4 Å². The summed E-state index contributed by atoms with van der Waals surface area (Å²) in [6.07, 6.45) is 9.31. The van der Waals surface area contributed by atoms with Gasteiger partial charge in [0.2, 0.25) is 0 Å². The van der Waals surface area contributed by atoms with Crippen molar-refractivity contribution in [3.05, 3.63) is 103 Å². The summed E-state index contributed by atoms with van der Waals surface area (Å²) in [4.78, 5) is 3.66. The largest absolute Gasteiger partial charge is 0.464 e. The fourth-order valence-corrected chi connectivity index (χ4v) is 4.64. The van der Waals surface area contributed by atoms with Crippen molar-refractivity contribution >= 4 is 27.4 Å². The van der Waals surface area contributed by atoms with Crippen LogP contribution in [-0.2, 0) is 0 Å². The Morgan fingerprint density at radius 2 is 1.91 bits per heavy atom. The minimum absolute atomic E-state index is 0. The highest BCUT2D eigenvalue weighted by Gasteiger charge is 2.15. The number of hydrogen-bond donors (Lipinski definition) is 2. The Labute approximate surface area is 188 Å². The van der Waals surface area contributed by atoms with E-state index in [9.17, 15) is 0 Å². The van der Waals surface area contributed by atoms with Crippen molar-refractivity contribution in [2.24, 2.45) is 5.92 Å². The van der Waals surface area contributed by atoms with E-state index in [0.29, 0.717) is 5.92 Å². The maximum atomic E-state index is 5.60. The van der Waals surface area contributed by atoms with Gasteiger partial charge in [-0.15, -0.1) is 0 Å². The number of rotatable bonds is 4. The van der Waals surface area contributed by atoms with Crippen molar-refractivity contribution in [3.8, 4) is 22.6 Å². The van der Waals surface area contributed by atoms with Crippen LogP contribution in [0.25, 0.3) is 44.3 Å². The Kier molecular flexibility index (Phi) is 4.46. The maximum Gasteiger partial charge on any atom is 0.133 e. The van der Waals surface area contributed by atoms with E-state index in [1.54, 1.807) is 6.26 Å². The third-order valence-electron chi connectivity index (χ3n) is 6.20. The highest BCUT2D eigenvalue weighted by Crippen LogP contribution is 2.38. The average molecular weight is 419 g/mol. The van der Waals surface area contributed by atoms with Crippen LogP contribution in [0.15, 0.2) is 107 Å². The molecule has 1 unspecified atom stereocenters. The van der Waals surface area contributed by atoms with Crippen molar-refractivity contribution < 1.29 is 5.84 Å². The Morgan fingerprint density at radius 3 is 2.78 bits per heavy atom. The number of benzene rings is 3. The van der Waals surface area contributed by atoms with Crippen LogP contribution in [0.3, 0.4) is 0 Å². The SMILES string of the molecule is CC1C=CC=C(Nc2ccc3ccccc3c2-c2cc3cc(-c4ccco4)ccc3[nH]2)C1.[HH]. The van der Waals surface area contributed by atoms with Crippen LogP contribution in [0, 0.1) is 5.92 Å². The van der Waals surface area contributed by atoms with E-state index in [-0.39, 0.29) is 1.43 Å². The average Bonchev–Trinajstić information content (AvgIpc) is 3.48. The quantitative estimate of drug-likeness (QED) is 0.308. The van der Waals surface area contributed by atoms with E-state index in [0.717, 1.165) is 34.6 Å². The summed E-state index contributed by atoms with van der Waals surface area (Å²) in [6.45, 7) is 2.25. The molecule has 5 aromatic rings. The number of fused-ring (bicyclic) bond motifs is 2. The van der Waals surface area contributed by atoms with Gasteiger partial charge in [-0.25, -0.2) is 0 Å². The van der Waals surface area contributed by atoms with Crippen LogP contribution < -0.4 is 5.32 Å². The van der Waals surface area contributed by atoms with Gasteiger partial charge in [0.25, 0.3) is 0 Å². The summed E-state index contributed by atoms with van der Waals surface area (Å²) in [7, 11) is 0. The molecule has 2 heterocycles. The first-order chi connectivity index (χ1) is 15.7. The van der Waals surface area contributed by atoms with Crippen molar-refractivity contribution in [2.45, 2.75) is 13.3 Å². The molecule has 0 saturated carbocycles. The lowest BCUT2D eigenvalue weighted by Gasteiger charge is -2.19. The van der Waals surface area contributed by atoms with Gasteiger partial charge in [-0.1, -0.05) is 49.4 Å². The van der Waals surface area contributed by atoms with Gasteiger partial charge in [-0.2, -0.15) is 0 Å². The van der Waals surface area contributed by atoms with Gasteiger partial charge in [-0.3, -0.25) is 0 Å². The molecule has 0 saturated heterocycles. The number of hydrogen-bond acceptors (Lipinski definition) is 2. The minimum atomic E-state index is 0. The van der Waals surface area contributed by atoms with Crippen LogP contribution in [-0.4, -0.2) is 4.98 Å². The van der Waals surface area contributed by atoms with Crippen molar-refractivity contribution in [2.75, 3.05) is 5.32 Å². The highest BCUT2D eigenvalue weighted by atomic mass is 16.3. The Bertz CT molecular complexity index is 1490. The predicted octanol–water partition coefficient (Wildman–Crippen LogP) is 8.39. The molecule has 0 aliphatic heterocycles. The zero-order chi connectivity index (χ0) is 21.5. The lowest BCUT2D eigenvalue weighted by molar-refractivity contribution is 0.582. The number of nitrogens with one attached hydrogen (secondary N) is 2. The summed E-state index contributed by atoms with van der Waals surface area (Å²) in [6, 6.07) is 25.5. The number of aromatic nitrogens is 1. The molecule has 2 aromatic heterocycles. The number of anilines is 1. The molecule has 1 atom stereocenters. The van der Waals surface area contributed by atoms with Crippen molar-refractivity contribution in [1.29, 1.82) is 0 Å². The molecule has 158 valence electrons. The third-order valence-corrected chi connectivity index (χ3v) is 6.20. The summed E-state index contributed by atoms with van der Waals surface area (Å²) >= 11 is 0. The van der Waals surface area contributed by atoms with E-state index < -0.39 is 0 Å². The van der Waals surface area contributed by atoms with Gasteiger partial charge < -0.3 is 14.7 Å². The fraction of sp³-hybridized carbons (Fsp3) is 0.103. The van der Waals surface area contributed by atoms with Crippen LogP contribution in [0.2, 0.25) is 0 Å². The van der Waals surface area contributed by atoms with E-state index in [1.807, 2.05) is 12.1 Å². The monoisotopic (exact) mass is 418 g/mol. The van der Waals surface area contributed by atoms with Crippen molar-refractivity contribution in [3.63, 3.8) is 0 Å². The number of aromatic amines is 1. The van der Waals surface area contributed by atoms with Crippen LogP contribution in [0.4, 0.5) is 5.69 Å². The highest BCUT2D eigenvalue weighted by molar-refractivity contribution is 6.04. The maximum absolute atomic E-state index is 5.60. The molecule has 1 aliphatic rings. The van der Waals surface area contributed by atoms with Gasteiger partial charge in [0.15, 0.2) is 0 Å². The van der Waals surface area contributed by atoms with Gasteiger partial charge in [0, 0.05) is 40.5 Å². The summed E-state index contributed by atoms with van der Waals surface area (Å²) in [5, 5.41) is 7.35. The first kappa shape index (κ1) is 18.8. The predicted molar refractivity (Wildman–Crippen MR) is 136 cm³/mol. The second kappa shape index (κ2) is 7.61. The second-order valence-corrected chi connectivity index (χ2v) is 8.55. The molecule has 3 heteroatoms. The molecule has 0 fully saturated rings. The van der Waals surface area contributed by atoms with E-state index in [4.69, 9.17) is 4.42 Å². The second-order valence-electron chi connectivity index (χ2n) is 8.55. The standard InChI is InChI=1S/C29H24N2O.H2/c1-19-6-4-8-23(16-19)30-26-14-11-20-7-2-3-9-24(20)29(26)27-18-22-17-21(12-13-25(22)31-27)28-10-5-15-32-28;/h2-15,17-19,30-31H,16H2,1H3;1H. The summed E-state index contributed by atoms with van der Waals surface area (Å²) in [5.41, 5.74) is 6.86. The van der Waals surface area contributed by atoms with Crippen molar-refractivity contribution in [1.82, 2.24) is 4.98 Å². The molecular formula is C29H26N2O. The summed E-state index contributed by atoms with van der Waals surface area (Å²) in [5.74, 6) is 1.42. The molecule has 0 spiro atoms. The fourth-order valence-electron chi connectivity index (χ4n) is 4.64. The normalized spacial score (nSPS) is 15.9. The molecule has 6 rings (SSSR count). The van der Waals surface area contributed by atoms with Gasteiger partial charge in [0.1, 0.15) is 5.76 Å². The topological polar surface area (TPSA) is 41.0 Å². The molecule has 2 N–H and O–H groups in total. The molecular weight excluding hydrogens is 392 g/mol. The van der Waals surface area contributed by atoms with Crippen LogP contribution >= 0.6 is 0 Å². The Hall–Kier alpha value is -3.98.